The maximum atomic E-state index is 13.8. The van der Waals surface area contributed by atoms with Crippen molar-refractivity contribution in [2.24, 2.45) is 0 Å². The number of unbranched alkanes of at least 4 members (excludes halogenated alkanes) is 1. The minimum absolute atomic E-state index is 0.00758. The molecule has 1 atom stereocenters. The van der Waals surface area contributed by atoms with Crippen molar-refractivity contribution in [2.75, 3.05) is 19.6 Å². The zero-order chi connectivity index (χ0) is 25.9. The fraction of sp³-hybridized carbons (Fsp3) is 0.419. The maximum absolute atomic E-state index is 13.8. The lowest BCUT2D eigenvalue weighted by molar-refractivity contribution is -0.134. The first-order chi connectivity index (χ1) is 17.2. The van der Waals surface area contributed by atoms with Crippen LogP contribution in [-0.2, 0) is 16.6 Å². The second-order valence-corrected chi connectivity index (χ2v) is 11.9. The molecule has 0 bridgehead atoms. The Kier molecular flexibility index (Phi) is 7.99. The van der Waals surface area contributed by atoms with E-state index in [1.54, 1.807) is 16.2 Å². The molecular weight excluding hydrogens is 464 g/mol. The topological polar surface area (TPSA) is 40.6 Å². The number of benzene rings is 2. The van der Waals surface area contributed by atoms with Crippen LogP contribution in [-0.4, -0.2) is 41.2 Å². The van der Waals surface area contributed by atoms with Crippen LogP contribution >= 0.6 is 11.3 Å². The van der Waals surface area contributed by atoms with Crippen molar-refractivity contribution in [3.05, 3.63) is 92.7 Å². The molecule has 0 N–H and O–H groups in total. The lowest BCUT2D eigenvalue weighted by Gasteiger charge is -2.37. The molecule has 1 unspecified atom stereocenters. The first-order valence-corrected chi connectivity index (χ1v) is 13.9. The predicted octanol–water partition coefficient (Wildman–Crippen LogP) is 6.77. The van der Waals surface area contributed by atoms with Crippen molar-refractivity contribution in [2.45, 2.75) is 65.3 Å². The molecule has 1 aromatic heterocycles. The summed E-state index contributed by atoms with van der Waals surface area (Å²) in [6, 6.07) is 18.4. The molecular formula is C31H38N2O2S. The Morgan fingerprint density at radius 2 is 1.72 bits per heavy atom. The summed E-state index contributed by atoms with van der Waals surface area (Å²) >= 11 is 1.77. The molecule has 1 aliphatic heterocycles. The van der Waals surface area contributed by atoms with E-state index in [0.29, 0.717) is 18.7 Å². The van der Waals surface area contributed by atoms with E-state index in [9.17, 15) is 9.59 Å². The minimum atomic E-state index is -0.109. The van der Waals surface area contributed by atoms with Gasteiger partial charge in [0.05, 0.1) is 6.04 Å². The maximum Gasteiger partial charge on any atom is 0.254 e. The van der Waals surface area contributed by atoms with E-state index in [-0.39, 0.29) is 29.8 Å². The second kappa shape index (κ2) is 11.0. The normalized spacial score (nSPS) is 15.5. The van der Waals surface area contributed by atoms with Crippen LogP contribution in [0.1, 0.15) is 84.1 Å². The Morgan fingerprint density at radius 3 is 2.36 bits per heavy atom. The molecule has 0 fully saturated rings. The van der Waals surface area contributed by atoms with Gasteiger partial charge in [-0.25, -0.2) is 0 Å². The van der Waals surface area contributed by atoms with Crippen LogP contribution in [0, 0.1) is 6.92 Å². The summed E-state index contributed by atoms with van der Waals surface area (Å²) in [6.07, 6.45) is 2.70. The molecule has 0 saturated carbocycles. The first kappa shape index (κ1) is 26.2. The average Bonchev–Trinajstić information content (AvgIpc) is 3.34. The molecule has 0 aliphatic carbocycles. The van der Waals surface area contributed by atoms with Crippen molar-refractivity contribution in [3.63, 3.8) is 0 Å². The largest absolute Gasteiger partial charge is 0.330 e. The Balaban J connectivity index is 1.58. The van der Waals surface area contributed by atoms with Crippen LogP contribution in [0.3, 0.4) is 0 Å². The third-order valence-corrected chi connectivity index (χ3v) is 8.07. The van der Waals surface area contributed by atoms with Gasteiger partial charge in [0.2, 0.25) is 5.91 Å². The zero-order valence-corrected chi connectivity index (χ0v) is 23.0. The fourth-order valence-corrected chi connectivity index (χ4v) is 5.75. The van der Waals surface area contributed by atoms with E-state index in [2.05, 4.69) is 70.3 Å². The summed E-state index contributed by atoms with van der Waals surface area (Å²) in [6.45, 7) is 12.0. The number of aryl methyl sites for hydroxylation is 1. The van der Waals surface area contributed by atoms with E-state index in [1.165, 1.54) is 21.6 Å². The number of hydrogen-bond donors (Lipinski definition) is 0. The van der Waals surface area contributed by atoms with Gasteiger partial charge < -0.3 is 9.80 Å². The Morgan fingerprint density at radius 1 is 1.03 bits per heavy atom. The van der Waals surface area contributed by atoms with E-state index >= 15 is 0 Å². The molecule has 0 radical (unpaired) electrons. The lowest BCUT2D eigenvalue weighted by atomic mass is 9.86. The number of amides is 2. The summed E-state index contributed by atoms with van der Waals surface area (Å²) in [5.74, 6) is -0.0643. The Bertz CT molecular complexity index is 1190. The number of thiophene rings is 1. The highest BCUT2D eigenvalue weighted by Gasteiger charge is 2.34. The van der Waals surface area contributed by atoms with E-state index in [1.807, 2.05) is 29.2 Å². The molecule has 190 valence electrons. The van der Waals surface area contributed by atoms with Crippen molar-refractivity contribution in [1.82, 2.24) is 9.80 Å². The van der Waals surface area contributed by atoms with Crippen molar-refractivity contribution in [1.29, 1.82) is 0 Å². The average molecular weight is 503 g/mol. The second-order valence-electron chi connectivity index (χ2n) is 10.9. The monoisotopic (exact) mass is 502 g/mol. The van der Waals surface area contributed by atoms with E-state index < -0.39 is 0 Å². The van der Waals surface area contributed by atoms with Crippen molar-refractivity contribution >= 4 is 23.2 Å². The van der Waals surface area contributed by atoms with E-state index in [4.69, 9.17) is 0 Å². The van der Waals surface area contributed by atoms with Gasteiger partial charge in [0.25, 0.3) is 5.91 Å². The van der Waals surface area contributed by atoms with Crippen molar-refractivity contribution < 1.29 is 9.59 Å². The third-order valence-electron chi connectivity index (χ3n) is 7.07. The number of carbonyl (C=O) groups is 2. The molecule has 2 aromatic carbocycles. The molecule has 2 heterocycles. The van der Waals surface area contributed by atoms with Gasteiger partial charge in [-0.15, -0.1) is 11.3 Å². The van der Waals surface area contributed by atoms with Crippen LogP contribution < -0.4 is 0 Å². The van der Waals surface area contributed by atoms with E-state index in [0.717, 1.165) is 24.8 Å². The number of nitrogens with zero attached hydrogens (tertiary/aromatic N) is 2. The van der Waals surface area contributed by atoms with Gasteiger partial charge in [0.15, 0.2) is 0 Å². The van der Waals surface area contributed by atoms with Crippen LogP contribution in [0.2, 0.25) is 0 Å². The van der Waals surface area contributed by atoms with Crippen LogP contribution in [0.4, 0.5) is 0 Å². The van der Waals surface area contributed by atoms with Gasteiger partial charge in [-0.05, 0) is 65.4 Å². The molecule has 1 aliphatic rings. The number of rotatable bonds is 7. The van der Waals surface area contributed by atoms with Gasteiger partial charge in [0.1, 0.15) is 6.54 Å². The minimum Gasteiger partial charge on any atom is -0.330 e. The standard InChI is InChI=1S/C31H38N2O2S/c1-6-7-18-32(30(35)24-12-14-25(15-13-24)31(3,4)5)21-28(34)33-19-16-27-26(17-20-36-27)29(33)23-10-8-22(2)9-11-23/h8-15,17,20,29H,6-7,16,18-19,21H2,1-5H3. The van der Waals surface area contributed by atoms with Crippen molar-refractivity contribution in [3.8, 4) is 0 Å². The smallest absolute Gasteiger partial charge is 0.254 e. The molecule has 36 heavy (non-hydrogen) atoms. The fourth-order valence-electron chi connectivity index (χ4n) is 4.84. The lowest BCUT2D eigenvalue weighted by Crippen LogP contribution is -2.47. The van der Waals surface area contributed by atoms with Crippen LogP contribution in [0.15, 0.2) is 60.0 Å². The van der Waals surface area contributed by atoms with Gasteiger partial charge in [-0.3, -0.25) is 9.59 Å². The summed E-state index contributed by atoms with van der Waals surface area (Å²) in [5.41, 5.74) is 5.40. The number of carbonyl (C=O) groups excluding carboxylic acids is 2. The number of hydrogen-bond acceptors (Lipinski definition) is 3. The summed E-state index contributed by atoms with van der Waals surface area (Å²) in [4.78, 5) is 32.4. The third kappa shape index (κ3) is 5.73. The molecule has 4 rings (SSSR count). The SMILES string of the molecule is CCCCN(CC(=O)N1CCc2sccc2C1c1ccc(C)cc1)C(=O)c1ccc(C(C)(C)C)cc1. The highest BCUT2D eigenvalue weighted by atomic mass is 32.1. The molecule has 5 heteroatoms. The van der Waals surface area contributed by atoms with Gasteiger partial charge >= 0.3 is 0 Å². The van der Waals surface area contributed by atoms with Crippen LogP contribution in [0.25, 0.3) is 0 Å². The molecule has 4 nitrogen and oxygen atoms in total. The summed E-state index contributed by atoms with van der Waals surface area (Å²) in [7, 11) is 0. The van der Waals surface area contributed by atoms with Gasteiger partial charge in [-0.1, -0.05) is 76.1 Å². The molecule has 0 spiro atoms. The van der Waals surface area contributed by atoms with Gasteiger partial charge in [-0.2, -0.15) is 0 Å². The molecule has 2 amide bonds. The van der Waals surface area contributed by atoms with Gasteiger partial charge in [0, 0.05) is 23.5 Å². The van der Waals surface area contributed by atoms with Crippen LogP contribution in [0.5, 0.6) is 0 Å². The summed E-state index contributed by atoms with van der Waals surface area (Å²) < 4.78 is 0. The summed E-state index contributed by atoms with van der Waals surface area (Å²) in [5, 5.41) is 2.12. The predicted molar refractivity (Wildman–Crippen MR) is 149 cm³/mol. The number of fused-ring (bicyclic) bond motifs is 1. The molecule has 0 saturated heterocycles. The Labute approximate surface area is 219 Å². The zero-order valence-electron chi connectivity index (χ0n) is 22.2. The highest BCUT2D eigenvalue weighted by Crippen LogP contribution is 2.38. The first-order valence-electron chi connectivity index (χ1n) is 13.0. The molecule has 3 aromatic rings. The highest BCUT2D eigenvalue weighted by molar-refractivity contribution is 7.10. The quantitative estimate of drug-likeness (QED) is 0.358. The Hall–Kier alpha value is -2.92.